The van der Waals surface area contributed by atoms with Crippen molar-refractivity contribution in [3.05, 3.63) is 0 Å². The van der Waals surface area contributed by atoms with Crippen molar-refractivity contribution < 1.29 is 9.84 Å². The van der Waals surface area contributed by atoms with E-state index in [0.717, 1.165) is 19.4 Å². The molecular formula is C9H19NO2. The summed E-state index contributed by atoms with van der Waals surface area (Å²) in [5.74, 6) is 0. The standard InChI is InChI=1S/C9H19NO2/c1-3-12-9-4-8(5-9)10-6-7(2)11/h7-11H,3-6H2,1-2H3/t7-,8?,9?/m0/s1. The molecule has 0 radical (unpaired) electrons. The summed E-state index contributed by atoms with van der Waals surface area (Å²) in [5, 5.41) is 12.3. The minimum Gasteiger partial charge on any atom is -0.392 e. The Kier molecular flexibility index (Phi) is 3.98. The highest BCUT2D eigenvalue weighted by atomic mass is 16.5. The molecule has 0 spiro atoms. The van der Waals surface area contributed by atoms with Crippen molar-refractivity contribution in [2.24, 2.45) is 0 Å². The Bertz CT molecular complexity index is 122. The monoisotopic (exact) mass is 173 g/mol. The summed E-state index contributed by atoms with van der Waals surface area (Å²) in [5.41, 5.74) is 0. The molecule has 0 amide bonds. The molecule has 72 valence electrons. The highest BCUT2D eigenvalue weighted by Gasteiger charge is 2.28. The number of hydrogen-bond acceptors (Lipinski definition) is 3. The van der Waals surface area contributed by atoms with Crippen LogP contribution in [0.15, 0.2) is 0 Å². The molecule has 0 aliphatic heterocycles. The molecular weight excluding hydrogens is 154 g/mol. The second-order valence-electron chi connectivity index (χ2n) is 3.50. The molecule has 1 rings (SSSR count). The first-order chi connectivity index (χ1) is 5.72. The van der Waals surface area contributed by atoms with E-state index in [1.165, 1.54) is 0 Å². The second kappa shape index (κ2) is 4.80. The number of ether oxygens (including phenoxy) is 1. The van der Waals surface area contributed by atoms with Gasteiger partial charge >= 0.3 is 0 Å². The van der Waals surface area contributed by atoms with Crippen molar-refractivity contribution in [1.82, 2.24) is 5.32 Å². The van der Waals surface area contributed by atoms with Crippen molar-refractivity contribution in [2.75, 3.05) is 13.2 Å². The zero-order valence-corrected chi connectivity index (χ0v) is 7.92. The fraction of sp³-hybridized carbons (Fsp3) is 1.00. The van der Waals surface area contributed by atoms with Gasteiger partial charge in [-0.25, -0.2) is 0 Å². The van der Waals surface area contributed by atoms with Gasteiger partial charge in [0, 0.05) is 19.2 Å². The van der Waals surface area contributed by atoms with E-state index < -0.39 is 0 Å². The van der Waals surface area contributed by atoms with Gasteiger partial charge in [0.15, 0.2) is 0 Å². The van der Waals surface area contributed by atoms with Crippen LogP contribution in [0.5, 0.6) is 0 Å². The Morgan fingerprint density at radius 1 is 1.58 bits per heavy atom. The van der Waals surface area contributed by atoms with Gasteiger partial charge in [0.2, 0.25) is 0 Å². The van der Waals surface area contributed by atoms with Crippen LogP contribution in [0.2, 0.25) is 0 Å². The van der Waals surface area contributed by atoms with E-state index in [1.54, 1.807) is 6.92 Å². The maximum Gasteiger partial charge on any atom is 0.0636 e. The van der Waals surface area contributed by atoms with E-state index in [9.17, 15) is 0 Å². The Morgan fingerprint density at radius 2 is 2.25 bits per heavy atom. The van der Waals surface area contributed by atoms with E-state index in [-0.39, 0.29) is 6.10 Å². The Morgan fingerprint density at radius 3 is 2.75 bits per heavy atom. The van der Waals surface area contributed by atoms with Crippen LogP contribution in [0.1, 0.15) is 26.7 Å². The average molecular weight is 173 g/mol. The molecule has 3 nitrogen and oxygen atoms in total. The molecule has 0 aromatic heterocycles. The van der Waals surface area contributed by atoms with Crippen LogP contribution in [0, 0.1) is 0 Å². The Hall–Kier alpha value is -0.120. The van der Waals surface area contributed by atoms with Gasteiger partial charge < -0.3 is 15.2 Å². The highest BCUT2D eigenvalue weighted by Crippen LogP contribution is 2.22. The summed E-state index contributed by atoms with van der Waals surface area (Å²) in [6, 6.07) is 0.566. The lowest BCUT2D eigenvalue weighted by Crippen LogP contribution is -2.47. The van der Waals surface area contributed by atoms with Crippen LogP contribution in [-0.2, 0) is 4.74 Å². The molecule has 0 bridgehead atoms. The largest absolute Gasteiger partial charge is 0.392 e. The number of aliphatic hydroxyl groups excluding tert-OH is 1. The van der Waals surface area contributed by atoms with Crippen LogP contribution in [-0.4, -0.2) is 36.5 Å². The third kappa shape index (κ3) is 3.09. The topological polar surface area (TPSA) is 41.5 Å². The number of hydrogen-bond donors (Lipinski definition) is 2. The van der Waals surface area contributed by atoms with Crippen molar-refractivity contribution in [2.45, 2.75) is 44.9 Å². The van der Waals surface area contributed by atoms with Gasteiger partial charge in [-0.1, -0.05) is 0 Å². The maximum atomic E-state index is 9.00. The summed E-state index contributed by atoms with van der Waals surface area (Å²) in [7, 11) is 0. The third-order valence-electron chi connectivity index (χ3n) is 2.20. The molecule has 0 aromatic rings. The van der Waals surface area contributed by atoms with Gasteiger partial charge in [0.1, 0.15) is 0 Å². The Labute approximate surface area is 74.1 Å². The third-order valence-corrected chi connectivity index (χ3v) is 2.20. The second-order valence-corrected chi connectivity index (χ2v) is 3.50. The lowest BCUT2D eigenvalue weighted by atomic mass is 9.89. The van der Waals surface area contributed by atoms with Gasteiger partial charge in [-0.05, 0) is 26.7 Å². The molecule has 3 heteroatoms. The number of aliphatic hydroxyl groups is 1. The molecule has 2 N–H and O–H groups in total. The SMILES string of the molecule is CCOC1CC(NC[C@H](C)O)C1. The first-order valence-corrected chi connectivity index (χ1v) is 4.75. The van der Waals surface area contributed by atoms with Crippen LogP contribution < -0.4 is 5.32 Å². The smallest absolute Gasteiger partial charge is 0.0636 e. The molecule has 0 saturated heterocycles. The summed E-state index contributed by atoms with van der Waals surface area (Å²) < 4.78 is 5.41. The number of nitrogens with one attached hydrogen (secondary N) is 1. The minimum atomic E-state index is -0.240. The normalized spacial score (nSPS) is 31.2. The molecule has 1 aliphatic carbocycles. The van der Waals surface area contributed by atoms with Gasteiger partial charge in [-0.2, -0.15) is 0 Å². The molecule has 12 heavy (non-hydrogen) atoms. The van der Waals surface area contributed by atoms with E-state index in [0.29, 0.717) is 18.7 Å². The van der Waals surface area contributed by atoms with Gasteiger partial charge in [0.25, 0.3) is 0 Å². The quantitative estimate of drug-likeness (QED) is 0.637. The highest BCUT2D eigenvalue weighted by molar-refractivity contribution is 4.86. The van der Waals surface area contributed by atoms with Crippen LogP contribution in [0.4, 0.5) is 0 Å². The summed E-state index contributed by atoms with van der Waals surface area (Å²) in [6.45, 7) is 5.33. The van der Waals surface area contributed by atoms with Crippen molar-refractivity contribution in [1.29, 1.82) is 0 Å². The zero-order chi connectivity index (χ0) is 8.97. The summed E-state index contributed by atoms with van der Waals surface area (Å²) >= 11 is 0. The fourth-order valence-electron chi connectivity index (χ4n) is 1.44. The first-order valence-electron chi connectivity index (χ1n) is 4.75. The van der Waals surface area contributed by atoms with Gasteiger partial charge in [-0.3, -0.25) is 0 Å². The number of rotatable bonds is 5. The zero-order valence-electron chi connectivity index (χ0n) is 7.92. The molecule has 1 atom stereocenters. The average Bonchev–Trinajstić information content (AvgIpc) is 1.93. The molecule has 1 saturated carbocycles. The van der Waals surface area contributed by atoms with Crippen LogP contribution in [0.25, 0.3) is 0 Å². The van der Waals surface area contributed by atoms with E-state index in [2.05, 4.69) is 5.32 Å². The summed E-state index contributed by atoms with van der Waals surface area (Å²) in [6.07, 6.45) is 2.42. The first kappa shape index (κ1) is 9.96. The van der Waals surface area contributed by atoms with Crippen molar-refractivity contribution >= 4 is 0 Å². The van der Waals surface area contributed by atoms with Gasteiger partial charge in [0.05, 0.1) is 12.2 Å². The lowest BCUT2D eigenvalue weighted by Gasteiger charge is -2.35. The van der Waals surface area contributed by atoms with E-state index >= 15 is 0 Å². The van der Waals surface area contributed by atoms with Crippen molar-refractivity contribution in [3.63, 3.8) is 0 Å². The molecule has 1 aliphatic rings. The Balaban J connectivity index is 1.95. The van der Waals surface area contributed by atoms with Crippen molar-refractivity contribution in [3.8, 4) is 0 Å². The van der Waals surface area contributed by atoms with E-state index in [4.69, 9.17) is 9.84 Å². The van der Waals surface area contributed by atoms with Crippen LogP contribution >= 0.6 is 0 Å². The minimum absolute atomic E-state index is 0.240. The molecule has 0 unspecified atom stereocenters. The summed E-state index contributed by atoms with van der Waals surface area (Å²) in [4.78, 5) is 0. The fourth-order valence-corrected chi connectivity index (χ4v) is 1.44. The van der Waals surface area contributed by atoms with E-state index in [1.807, 2.05) is 6.92 Å². The molecule has 0 aromatic carbocycles. The maximum absolute atomic E-state index is 9.00. The molecule has 0 heterocycles. The predicted octanol–water partition coefficient (Wildman–Crippen LogP) is 0.524. The van der Waals surface area contributed by atoms with Crippen LogP contribution in [0.3, 0.4) is 0 Å². The molecule has 1 fully saturated rings. The lowest BCUT2D eigenvalue weighted by molar-refractivity contribution is -0.0119. The van der Waals surface area contributed by atoms with Gasteiger partial charge in [-0.15, -0.1) is 0 Å². The predicted molar refractivity (Wildman–Crippen MR) is 48.1 cm³/mol.